The van der Waals surface area contributed by atoms with Gasteiger partial charge in [-0.1, -0.05) is 22.0 Å². The molecule has 2 rings (SSSR count). The molecule has 2 nitrogen and oxygen atoms in total. The minimum atomic E-state index is 0.499. The third kappa shape index (κ3) is 2.79. The van der Waals surface area contributed by atoms with Gasteiger partial charge in [0, 0.05) is 30.7 Å². The van der Waals surface area contributed by atoms with Crippen LogP contribution in [0.1, 0.15) is 19.3 Å². The quantitative estimate of drug-likeness (QED) is 0.740. The van der Waals surface area contributed by atoms with Crippen LogP contribution in [0.5, 0.6) is 0 Å². The normalized spacial score (nSPS) is 30.5. The largest absolute Gasteiger partial charge is 0.377 e. The number of nitrogens with zero attached hydrogens (tertiary/aromatic N) is 1. The van der Waals surface area contributed by atoms with Crippen molar-refractivity contribution in [1.29, 1.82) is 0 Å². The SMILES string of the molecule is BrC1=CCCN(C[C@H]2CCCO2)C1. The molecule has 0 radical (unpaired) electrons. The Kier molecular flexibility index (Phi) is 3.41. The standard InChI is InChI=1S/C10H16BrNO/c11-9-3-1-5-12(7-9)8-10-4-2-6-13-10/h3,10H,1-2,4-8H2/t10-/m1/s1. The van der Waals surface area contributed by atoms with Gasteiger partial charge in [0.15, 0.2) is 0 Å². The fourth-order valence-corrected chi connectivity index (χ4v) is 2.58. The minimum absolute atomic E-state index is 0.499. The fraction of sp³-hybridized carbons (Fsp3) is 0.800. The Labute approximate surface area is 88.1 Å². The van der Waals surface area contributed by atoms with Crippen LogP contribution in [0.4, 0.5) is 0 Å². The maximum atomic E-state index is 5.61. The molecule has 0 saturated carbocycles. The van der Waals surface area contributed by atoms with E-state index in [0.717, 1.165) is 19.7 Å². The number of hydrogen-bond donors (Lipinski definition) is 0. The van der Waals surface area contributed by atoms with Gasteiger partial charge in [0.1, 0.15) is 0 Å². The molecule has 1 atom stereocenters. The molecule has 0 unspecified atom stereocenters. The van der Waals surface area contributed by atoms with Crippen molar-refractivity contribution in [2.45, 2.75) is 25.4 Å². The third-order valence-corrected chi connectivity index (χ3v) is 3.25. The van der Waals surface area contributed by atoms with E-state index < -0.39 is 0 Å². The molecule has 0 aromatic heterocycles. The first-order valence-electron chi connectivity index (χ1n) is 5.03. The number of ether oxygens (including phenoxy) is 1. The van der Waals surface area contributed by atoms with Gasteiger partial charge in [-0.15, -0.1) is 0 Å². The summed E-state index contributed by atoms with van der Waals surface area (Å²) >= 11 is 3.56. The van der Waals surface area contributed by atoms with E-state index >= 15 is 0 Å². The first-order chi connectivity index (χ1) is 6.34. The number of hydrogen-bond acceptors (Lipinski definition) is 2. The summed E-state index contributed by atoms with van der Waals surface area (Å²) in [5, 5.41) is 0. The number of rotatable bonds is 2. The fourth-order valence-electron chi connectivity index (χ4n) is 1.99. The molecule has 0 spiro atoms. The Morgan fingerprint density at radius 2 is 2.54 bits per heavy atom. The van der Waals surface area contributed by atoms with Crippen LogP contribution in [0.3, 0.4) is 0 Å². The molecule has 2 aliphatic heterocycles. The van der Waals surface area contributed by atoms with E-state index in [4.69, 9.17) is 4.74 Å². The van der Waals surface area contributed by atoms with Crippen LogP contribution in [-0.2, 0) is 4.74 Å². The van der Waals surface area contributed by atoms with Crippen molar-refractivity contribution in [3.05, 3.63) is 10.6 Å². The molecule has 74 valence electrons. The van der Waals surface area contributed by atoms with Gasteiger partial charge in [-0.2, -0.15) is 0 Å². The highest BCUT2D eigenvalue weighted by atomic mass is 79.9. The summed E-state index contributed by atoms with van der Waals surface area (Å²) in [6.45, 7) is 4.34. The first-order valence-corrected chi connectivity index (χ1v) is 5.82. The predicted molar refractivity (Wildman–Crippen MR) is 57.0 cm³/mol. The topological polar surface area (TPSA) is 12.5 Å². The van der Waals surface area contributed by atoms with E-state index in [1.54, 1.807) is 0 Å². The molecule has 2 aliphatic rings. The van der Waals surface area contributed by atoms with E-state index in [1.807, 2.05) is 0 Å². The van der Waals surface area contributed by atoms with E-state index in [1.165, 1.54) is 30.3 Å². The van der Waals surface area contributed by atoms with Gasteiger partial charge in [0.25, 0.3) is 0 Å². The van der Waals surface area contributed by atoms with Crippen LogP contribution in [0, 0.1) is 0 Å². The van der Waals surface area contributed by atoms with Gasteiger partial charge < -0.3 is 4.74 Å². The zero-order valence-electron chi connectivity index (χ0n) is 7.84. The third-order valence-electron chi connectivity index (χ3n) is 2.67. The average Bonchev–Trinajstić information content (AvgIpc) is 2.57. The summed E-state index contributed by atoms with van der Waals surface area (Å²) in [5.74, 6) is 0. The van der Waals surface area contributed by atoms with E-state index in [2.05, 4.69) is 26.9 Å². The molecule has 2 heterocycles. The molecule has 3 heteroatoms. The summed E-state index contributed by atoms with van der Waals surface area (Å²) in [4.78, 5) is 2.47. The summed E-state index contributed by atoms with van der Waals surface area (Å²) in [5.41, 5.74) is 0. The van der Waals surface area contributed by atoms with E-state index in [0.29, 0.717) is 6.10 Å². The van der Waals surface area contributed by atoms with Crippen molar-refractivity contribution < 1.29 is 4.74 Å². The maximum absolute atomic E-state index is 5.61. The van der Waals surface area contributed by atoms with Crippen LogP contribution in [0.25, 0.3) is 0 Å². The average molecular weight is 246 g/mol. The lowest BCUT2D eigenvalue weighted by atomic mass is 10.2. The second kappa shape index (κ2) is 4.58. The Morgan fingerprint density at radius 1 is 1.62 bits per heavy atom. The lowest BCUT2D eigenvalue weighted by molar-refractivity contribution is 0.0760. The highest BCUT2D eigenvalue weighted by Crippen LogP contribution is 2.18. The lowest BCUT2D eigenvalue weighted by Crippen LogP contribution is -2.35. The molecule has 0 aromatic rings. The van der Waals surface area contributed by atoms with Crippen LogP contribution < -0.4 is 0 Å². The second-order valence-electron chi connectivity index (χ2n) is 3.81. The van der Waals surface area contributed by atoms with Crippen molar-refractivity contribution in [2.75, 3.05) is 26.2 Å². The van der Waals surface area contributed by atoms with Crippen molar-refractivity contribution in [2.24, 2.45) is 0 Å². The zero-order valence-corrected chi connectivity index (χ0v) is 9.42. The van der Waals surface area contributed by atoms with Crippen molar-refractivity contribution >= 4 is 15.9 Å². The Balaban J connectivity index is 1.78. The Bertz CT molecular complexity index is 199. The molecule has 0 bridgehead atoms. The molecular weight excluding hydrogens is 230 g/mol. The molecule has 0 amide bonds. The molecule has 0 aliphatic carbocycles. The minimum Gasteiger partial charge on any atom is -0.377 e. The van der Waals surface area contributed by atoms with Crippen LogP contribution >= 0.6 is 15.9 Å². The molecule has 1 fully saturated rings. The van der Waals surface area contributed by atoms with Gasteiger partial charge >= 0.3 is 0 Å². The van der Waals surface area contributed by atoms with Gasteiger partial charge in [-0.3, -0.25) is 4.90 Å². The summed E-state index contributed by atoms with van der Waals surface area (Å²) < 4.78 is 6.94. The summed E-state index contributed by atoms with van der Waals surface area (Å²) in [7, 11) is 0. The van der Waals surface area contributed by atoms with Crippen molar-refractivity contribution in [1.82, 2.24) is 4.90 Å². The molecule has 0 N–H and O–H groups in total. The van der Waals surface area contributed by atoms with Crippen LogP contribution in [0.2, 0.25) is 0 Å². The Morgan fingerprint density at radius 3 is 3.23 bits per heavy atom. The van der Waals surface area contributed by atoms with Gasteiger partial charge in [-0.25, -0.2) is 0 Å². The van der Waals surface area contributed by atoms with Gasteiger partial charge in [-0.05, 0) is 19.3 Å². The summed E-state index contributed by atoms with van der Waals surface area (Å²) in [6.07, 6.45) is 6.44. The Hall–Kier alpha value is 0.140. The molecule has 0 aromatic carbocycles. The maximum Gasteiger partial charge on any atom is 0.0702 e. The highest BCUT2D eigenvalue weighted by molar-refractivity contribution is 9.11. The van der Waals surface area contributed by atoms with E-state index in [9.17, 15) is 0 Å². The zero-order chi connectivity index (χ0) is 9.10. The molecule has 1 saturated heterocycles. The lowest BCUT2D eigenvalue weighted by Gasteiger charge is -2.27. The highest BCUT2D eigenvalue weighted by Gasteiger charge is 2.20. The predicted octanol–water partition coefficient (Wildman–Crippen LogP) is 2.15. The van der Waals surface area contributed by atoms with Crippen molar-refractivity contribution in [3.8, 4) is 0 Å². The smallest absolute Gasteiger partial charge is 0.0702 e. The second-order valence-corrected chi connectivity index (χ2v) is 4.83. The first kappa shape index (κ1) is 9.69. The molecule has 13 heavy (non-hydrogen) atoms. The monoisotopic (exact) mass is 245 g/mol. The summed E-state index contributed by atoms with van der Waals surface area (Å²) in [6, 6.07) is 0. The number of halogens is 1. The van der Waals surface area contributed by atoms with Gasteiger partial charge in [0.05, 0.1) is 6.10 Å². The molecular formula is C10H16BrNO. The van der Waals surface area contributed by atoms with Gasteiger partial charge in [0.2, 0.25) is 0 Å². The van der Waals surface area contributed by atoms with Crippen LogP contribution in [0.15, 0.2) is 10.6 Å². The van der Waals surface area contributed by atoms with Crippen molar-refractivity contribution in [3.63, 3.8) is 0 Å². The van der Waals surface area contributed by atoms with E-state index in [-0.39, 0.29) is 0 Å². The van der Waals surface area contributed by atoms with Crippen LogP contribution in [-0.4, -0.2) is 37.2 Å².